The fourth-order valence-corrected chi connectivity index (χ4v) is 3.21. The Kier molecular flexibility index (Phi) is 5.16. The first-order chi connectivity index (χ1) is 9.94. The average Bonchev–Trinajstić information content (AvgIpc) is 2.91. The van der Waals surface area contributed by atoms with Crippen LogP contribution in [0.4, 0.5) is 5.69 Å². The molecule has 0 amide bonds. The van der Waals surface area contributed by atoms with Gasteiger partial charge in [0.25, 0.3) is 10.0 Å². The Bertz CT molecular complexity index is 729. The molecule has 114 valence electrons. The number of nitrogens with one attached hydrogen (secondary N) is 3. The van der Waals surface area contributed by atoms with Gasteiger partial charge < -0.3 is 10.3 Å². The second-order valence-corrected chi connectivity index (χ2v) is 6.82. The van der Waals surface area contributed by atoms with Crippen LogP contribution in [0, 0.1) is 0 Å². The van der Waals surface area contributed by atoms with Crippen molar-refractivity contribution in [3.8, 4) is 0 Å². The molecule has 1 aromatic heterocycles. The van der Waals surface area contributed by atoms with Crippen LogP contribution < -0.4 is 10.0 Å². The van der Waals surface area contributed by atoms with E-state index in [9.17, 15) is 8.42 Å². The Morgan fingerprint density at radius 3 is 2.76 bits per heavy atom. The Balaban J connectivity index is 2.22. The first-order valence-corrected chi connectivity index (χ1v) is 8.53. The standard InChI is InChI=1S/C13H15Cl2N3O2S/c1-2-16-7-9-6-10(8-17-9)21(19,20)18-12-5-3-4-11(14)13(12)15/h3-6,8,16-18H,2,7H2,1H3. The van der Waals surface area contributed by atoms with Crippen LogP contribution in [0.3, 0.4) is 0 Å². The lowest BCUT2D eigenvalue weighted by Crippen LogP contribution is -2.13. The van der Waals surface area contributed by atoms with E-state index in [4.69, 9.17) is 23.2 Å². The molecule has 0 aliphatic rings. The summed E-state index contributed by atoms with van der Waals surface area (Å²) < 4.78 is 27.0. The molecular formula is C13H15Cl2N3O2S. The predicted octanol–water partition coefficient (Wildman–Crippen LogP) is 3.23. The van der Waals surface area contributed by atoms with E-state index in [1.807, 2.05) is 6.92 Å². The van der Waals surface area contributed by atoms with Crippen molar-refractivity contribution in [2.24, 2.45) is 0 Å². The molecule has 2 aromatic rings. The zero-order valence-corrected chi connectivity index (χ0v) is 13.6. The Hall–Kier alpha value is -1.21. The van der Waals surface area contributed by atoms with E-state index in [0.29, 0.717) is 11.6 Å². The monoisotopic (exact) mass is 347 g/mol. The van der Waals surface area contributed by atoms with Crippen LogP contribution in [-0.2, 0) is 16.6 Å². The molecule has 8 heteroatoms. The smallest absolute Gasteiger partial charge is 0.263 e. The third-order valence-electron chi connectivity index (χ3n) is 2.79. The van der Waals surface area contributed by atoms with Crippen LogP contribution >= 0.6 is 23.2 Å². The fourth-order valence-electron chi connectivity index (χ4n) is 1.72. The summed E-state index contributed by atoms with van der Waals surface area (Å²) in [6.45, 7) is 3.35. The number of aromatic nitrogens is 1. The summed E-state index contributed by atoms with van der Waals surface area (Å²) in [5, 5.41) is 3.57. The maximum atomic E-state index is 12.3. The number of sulfonamides is 1. The molecule has 0 bridgehead atoms. The third kappa shape index (κ3) is 3.91. The van der Waals surface area contributed by atoms with Gasteiger partial charge in [0.1, 0.15) is 4.90 Å². The molecule has 5 nitrogen and oxygen atoms in total. The van der Waals surface area contributed by atoms with Gasteiger partial charge in [0.05, 0.1) is 15.7 Å². The van der Waals surface area contributed by atoms with Gasteiger partial charge in [-0.3, -0.25) is 4.72 Å². The highest BCUT2D eigenvalue weighted by molar-refractivity contribution is 7.92. The normalized spacial score (nSPS) is 11.6. The lowest BCUT2D eigenvalue weighted by Gasteiger charge is -2.08. The highest BCUT2D eigenvalue weighted by Crippen LogP contribution is 2.31. The lowest BCUT2D eigenvalue weighted by molar-refractivity contribution is 0.601. The van der Waals surface area contributed by atoms with E-state index in [1.165, 1.54) is 6.20 Å². The molecule has 1 heterocycles. The van der Waals surface area contributed by atoms with Crippen LogP contribution in [0.25, 0.3) is 0 Å². The van der Waals surface area contributed by atoms with Crippen molar-refractivity contribution in [2.45, 2.75) is 18.4 Å². The fraction of sp³-hybridized carbons (Fsp3) is 0.231. The van der Waals surface area contributed by atoms with Gasteiger partial charge in [-0.2, -0.15) is 0 Å². The summed E-state index contributed by atoms with van der Waals surface area (Å²) in [4.78, 5) is 3.06. The molecule has 0 spiro atoms. The van der Waals surface area contributed by atoms with Crippen molar-refractivity contribution >= 4 is 38.9 Å². The Morgan fingerprint density at radius 2 is 2.05 bits per heavy atom. The lowest BCUT2D eigenvalue weighted by atomic mass is 10.3. The molecule has 21 heavy (non-hydrogen) atoms. The van der Waals surface area contributed by atoms with Crippen molar-refractivity contribution < 1.29 is 8.42 Å². The van der Waals surface area contributed by atoms with Crippen LogP contribution in [0.2, 0.25) is 10.0 Å². The molecule has 2 rings (SSSR count). The number of hydrogen-bond donors (Lipinski definition) is 3. The molecule has 0 saturated heterocycles. The maximum absolute atomic E-state index is 12.3. The van der Waals surface area contributed by atoms with Crippen molar-refractivity contribution in [3.05, 3.63) is 46.2 Å². The number of aromatic amines is 1. The summed E-state index contributed by atoms with van der Waals surface area (Å²) in [6, 6.07) is 6.34. The van der Waals surface area contributed by atoms with Crippen molar-refractivity contribution in [1.82, 2.24) is 10.3 Å². The van der Waals surface area contributed by atoms with Crippen molar-refractivity contribution in [1.29, 1.82) is 0 Å². The van der Waals surface area contributed by atoms with Crippen LogP contribution in [0.5, 0.6) is 0 Å². The second-order valence-electron chi connectivity index (χ2n) is 4.35. The summed E-state index contributed by atoms with van der Waals surface area (Å²) in [7, 11) is -3.71. The van der Waals surface area contributed by atoms with E-state index >= 15 is 0 Å². The average molecular weight is 348 g/mol. The molecular weight excluding hydrogens is 333 g/mol. The number of hydrogen-bond acceptors (Lipinski definition) is 3. The van der Waals surface area contributed by atoms with Gasteiger partial charge in [0, 0.05) is 18.4 Å². The molecule has 0 unspecified atom stereocenters. The predicted molar refractivity (Wildman–Crippen MR) is 85.4 cm³/mol. The molecule has 3 N–H and O–H groups in total. The second kappa shape index (κ2) is 6.70. The number of benzene rings is 1. The maximum Gasteiger partial charge on any atom is 0.263 e. The van der Waals surface area contributed by atoms with Gasteiger partial charge in [0.15, 0.2) is 0 Å². The summed E-state index contributed by atoms with van der Waals surface area (Å²) in [6.07, 6.45) is 1.44. The van der Waals surface area contributed by atoms with Gasteiger partial charge in [-0.1, -0.05) is 36.2 Å². The Morgan fingerprint density at radius 1 is 1.29 bits per heavy atom. The van der Waals surface area contributed by atoms with E-state index in [2.05, 4.69) is 15.0 Å². The summed E-state index contributed by atoms with van der Waals surface area (Å²) in [5.74, 6) is 0. The number of anilines is 1. The van der Waals surface area contributed by atoms with E-state index < -0.39 is 10.0 Å². The van der Waals surface area contributed by atoms with Crippen molar-refractivity contribution in [2.75, 3.05) is 11.3 Å². The SMILES string of the molecule is CCNCc1cc(S(=O)(=O)Nc2cccc(Cl)c2Cl)c[nH]1. The quantitative estimate of drug-likeness (QED) is 0.750. The number of halogens is 2. The highest BCUT2D eigenvalue weighted by atomic mass is 35.5. The number of rotatable bonds is 6. The Labute approximate surface area is 133 Å². The van der Waals surface area contributed by atoms with Crippen LogP contribution in [0.1, 0.15) is 12.6 Å². The zero-order chi connectivity index (χ0) is 15.5. The minimum Gasteiger partial charge on any atom is -0.363 e. The summed E-state index contributed by atoms with van der Waals surface area (Å²) in [5.41, 5.74) is 1.04. The molecule has 0 saturated carbocycles. The third-order valence-corrected chi connectivity index (χ3v) is 4.95. The summed E-state index contributed by atoms with van der Waals surface area (Å²) >= 11 is 11.9. The molecule has 0 radical (unpaired) electrons. The molecule has 1 aromatic carbocycles. The van der Waals surface area contributed by atoms with Gasteiger partial charge in [-0.25, -0.2) is 8.42 Å². The molecule has 0 atom stereocenters. The molecule has 0 fully saturated rings. The zero-order valence-electron chi connectivity index (χ0n) is 11.3. The highest BCUT2D eigenvalue weighted by Gasteiger charge is 2.18. The van der Waals surface area contributed by atoms with E-state index in [0.717, 1.165) is 12.2 Å². The topological polar surface area (TPSA) is 74.0 Å². The van der Waals surface area contributed by atoms with E-state index in [-0.39, 0.29) is 15.6 Å². The van der Waals surface area contributed by atoms with Crippen LogP contribution in [-0.4, -0.2) is 19.9 Å². The van der Waals surface area contributed by atoms with E-state index in [1.54, 1.807) is 24.3 Å². The minimum atomic E-state index is -3.71. The first-order valence-electron chi connectivity index (χ1n) is 6.29. The van der Waals surface area contributed by atoms with Gasteiger partial charge in [0.2, 0.25) is 0 Å². The van der Waals surface area contributed by atoms with Gasteiger partial charge >= 0.3 is 0 Å². The molecule has 0 aliphatic heterocycles. The first kappa shape index (κ1) is 16.2. The van der Waals surface area contributed by atoms with Gasteiger partial charge in [-0.05, 0) is 24.7 Å². The largest absolute Gasteiger partial charge is 0.363 e. The number of H-pyrrole nitrogens is 1. The minimum absolute atomic E-state index is 0.145. The van der Waals surface area contributed by atoms with Gasteiger partial charge in [-0.15, -0.1) is 0 Å². The van der Waals surface area contributed by atoms with Crippen LogP contribution in [0.15, 0.2) is 35.4 Å². The van der Waals surface area contributed by atoms with Crippen molar-refractivity contribution in [3.63, 3.8) is 0 Å². The molecule has 0 aliphatic carbocycles.